The van der Waals surface area contributed by atoms with Crippen LogP contribution in [0.5, 0.6) is 0 Å². The van der Waals surface area contributed by atoms with Gasteiger partial charge in [-0.2, -0.15) is 26.3 Å². The molecule has 160 valence electrons. The average molecular weight is 468 g/mol. The normalized spacial score (nSPS) is 13.7. The summed E-state index contributed by atoms with van der Waals surface area (Å²) in [6, 6.07) is 6.42. The molecule has 0 spiro atoms. The summed E-state index contributed by atoms with van der Waals surface area (Å²) in [5.41, 5.74) is -1.80. The number of rotatable bonds is 6. The van der Waals surface area contributed by atoms with Crippen molar-refractivity contribution in [3.63, 3.8) is 0 Å². The first-order valence-corrected chi connectivity index (χ1v) is 8.86. The number of benzene rings is 2. The zero-order chi connectivity index (χ0) is 22.5. The Kier molecular flexibility index (Phi) is 7.54. The van der Waals surface area contributed by atoms with Gasteiger partial charge in [-0.15, -0.1) is 0 Å². The maximum Gasteiger partial charge on any atom is 0.418 e. The highest BCUT2D eigenvalue weighted by atomic mass is 35.5. The first-order chi connectivity index (χ1) is 13.9. The Balaban J connectivity index is 2.44. The van der Waals surface area contributed by atoms with Crippen LogP contribution in [-0.2, 0) is 6.18 Å². The van der Waals surface area contributed by atoms with Crippen molar-refractivity contribution < 1.29 is 26.3 Å². The molecular weight excluding hydrogens is 455 g/mol. The third-order valence-corrected chi connectivity index (χ3v) is 4.23. The predicted octanol–water partition coefficient (Wildman–Crippen LogP) is 7.42. The number of nitrogens with zero attached hydrogens (tertiary/aromatic N) is 1. The molecule has 0 fully saturated rings. The molecule has 0 bridgehead atoms. The lowest BCUT2D eigenvalue weighted by Crippen LogP contribution is -2.19. The molecule has 11 heteroatoms. The highest BCUT2D eigenvalue weighted by Crippen LogP contribution is 2.39. The summed E-state index contributed by atoms with van der Waals surface area (Å²) >= 11 is 11.5. The molecule has 0 aromatic heterocycles. The van der Waals surface area contributed by atoms with E-state index in [2.05, 4.69) is 10.3 Å². The molecule has 0 radical (unpaired) electrons. The number of nitrogens with one attached hydrogen (secondary N) is 2. The fraction of sp³-hybridized carbons (Fsp3) is 0.158. The smallest absolute Gasteiger partial charge is 0.346 e. The number of alkyl halides is 6. The minimum absolute atomic E-state index is 0.00141. The largest absolute Gasteiger partial charge is 0.418 e. The molecule has 0 saturated carbocycles. The molecule has 1 unspecified atom stereocenters. The van der Waals surface area contributed by atoms with E-state index in [4.69, 9.17) is 28.6 Å². The monoisotopic (exact) mass is 467 g/mol. The summed E-state index contributed by atoms with van der Waals surface area (Å²) in [6.07, 6.45) is -6.30. The topological polar surface area (TPSA) is 48.2 Å². The first-order valence-electron chi connectivity index (χ1n) is 8.11. The predicted molar refractivity (Wildman–Crippen MR) is 107 cm³/mol. The summed E-state index contributed by atoms with van der Waals surface area (Å²) in [6.45, 7) is 0. The van der Waals surface area contributed by atoms with Gasteiger partial charge in [-0.1, -0.05) is 41.4 Å². The lowest BCUT2D eigenvalue weighted by Gasteiger charge is -2.18. The highest BCUT2D eigenvalue weighted by molar-refractivity contribution is 6.34. The average Bonchev–Trinajstić information content (AvgIpc) is 2.60. The Hall–Kier alpha value is -2.52. The van der Waals surface area contributed by atoms with Crippen molar-refractivity contribution in [2.45, 2.75) is 18.3 Å². The summed E-state index contributed by atoms with van der Waals surface area (Å²) in [5.74, 6) is -2.12. The van der Waals surface area contributed by atoms with Gasteiger partial charge in [0.05, 0.1) is 23.5 Å². The van der Waals surface area contributed by atoms with Crippen LogP contribution >= 0.6 is 23.2 Å². The van der Waals surface area contributed by atoms with Crippen LogP contribution in [-0.4, -0.2) is 18.9 Å². The van der Waals surface area contributed by atoms with Gasteiger partial charge >= 0.3 is 12.4 Å². The van der Waals surface area contributed by atoms with Crippen LogP contribution in [0.3, 0.4) is 0 Å². The van der Waals surface area contributed by atoms with Crippen LogP contribution in [0, 0.1) is 5.41 Å². The second kappa shape index (κ2) is 9.53. The van der Waals surface area contributed by atoms with Crippen molar-refractivity contribution >= 4 is 47.6 Å². The van der Waals surface area contributed by atoms with E-state index in [1.54, 1.807) is 0 Å². The Labute approximate surface area is 177 Å². The quantitative estimate of drug-likeness (QED) is 0.259. The standard InChI is InChI=1S/C19H13Cl2F6N3/c20-13-6-12(7-14(21)8-13)15(18(22,23)24)3-1-11-2-4-17(30-10-29-9-28)16(5-11)19(25,26)27/h1-10,15H,(H2,28,29,30)/b3-1+. The van der Waals surface area contributed by atoms with Crippen LogP contribution in [0.25, 0.3) is 6.08 Å². The number of hydrogen-bond acceptors (Lipinski definition) is 1. The van der Waals surface area contributed by atoms with Gasteiger partial charge < -0.3 is 5.32 Å². The second-order valence-corrected chi connectivity index (χ2v) is 6.81. The van der Waals surface area contributed by atoms with Crippen molar-refractivity contribution in [3.8, 4) is 0 Å². The number of aliphatic imine (C=N–C) groups is 1. The third-order valence-electron chi connectivity index (χ3n) is 3.80. The van der Waals surface area contributed by atoms with Crippen molar-refractivity contribution in [2.75, 3.05) is 5.32 Å². The van der Waals surface area contributed by atoms with Gasteiger partial charge in [0.1, 0.15) is 6.34 Å². The van der Waals surface area contributed by atoms with Crippen molar-refractivity contribution in [2.24, 2.45) is 4.99 Å². The van der Waals surface area contributed by atoms with Gasteiger partial charge in [-0.25, -0.2) is 4.99 Å². The zero-order valence-corrected chi connectivity index (χ0v) is 16.3. The van der Waals surface area contributed by atoms with E-state index in [1.807, 2.05) is 0 Å². The molecule has 0 saturated heterocycles. The molecule has 0 aliphatic heterocycles. The lowest BCUT2D eigenvalue weighted by atomic mass is 9.96. The molecule has 0 aliphatic carbocycles. The Bertz CT molecular complexity index is 947. The van der Waals surface area contributed by atoms with Crippen LogP contribution in [0.2, 0.25) is 10.0 Å². The van der Waals surface area contributed by atoms with Gasteiger partial charge in [0.15, 0.2) is 0 Å². The van der Waals surface area contributed by atoms with Crippen molar-refractivity contribution in [1.29, 1.82) is 5.41 Å². The fourth-order valence-electron chi connectivity index (χ4n) is 2.54. The summed E-state index contributed by atoms with van der Waals surface area (Å²) in [4.78, 5) is 3.32. The fourth-order valence-corrected chi connectivity index (χ4v) is 3.08. The summed E-state index contributed by atoms with van der Waals surface area (Å²) in [7, 11) is 0. The third kappa shape index (κ3) is 6.50. The molecule has 2 rings (SSSR count). The number of hydrogen-bond donors (Lipinski definition) is 2. The van der Waals surface area contributed by atoms with E-state index in [9.17, 15) is 26.3 Å². The molecular formula is C19H13Cl2F6N3. The molecule has 2 N–H and O–H groups in total. The minimum atomic E-state index is -4.77. The van der Waals surface area contributed by atoms with E-state index in [-0.39, 0.29) is 26.9 Å². The Morgan fingerprint density at radius 2 is 1.60 bits per heavy atom. The van der Waals surface area contributed by atoms with Gasteiger partial charge in [-0.3, -0.25) is 5.41 Å². The molecule has 1 atom stereocenters. The van der Waals surface area contributed by atoms with Gasteiger partial charge in [-0.05, 0) is 41.5 Å². The molecule has 2 aromatic carbocycles. The number of anilines is 1. The van der Waals surface area contributed by atoms with E-state index >= 15 is 0 Å². The maximum atomic E-state index is 13.5. The van der Waals surface area contributed by atoms with Crippen molar-refractivity contribution in [1.82, 2.24) is 0 Å². The van der Waals surface area contributed by atoms with Crippen LogP contribution in [0.1, 0.15) is 22.6 Å². The van der Waals surface area contributed by atoms with E-state index in [0.29, 0.717) is 12.4 Å². The van der Waals surface area contributed by atoms with Crippen LogP contribution in [0.15, 0.2) is 47.5 Å². The van der Waals surface area contributed by atoms with Gasteiger partial charge in [0.25, 0.3) is 0 Å². The Morgan fingerprint density at radius 3 is 2.13 bits per heavy atom. The molecule has 0 aliphatic rings. The highest BCUT2D eigenvalue weighted by Gasteiger charge is 2.39. The molecule has 3 nitrogen and oxygen atoms in total. The molecule has 0 amide bonds. The number of allylic oxidation sites excluding steroid dienone is 1. The van der Waals surface area contributed by atoms with Gasteiger partial charge in [0, 0.05) is 10.0 Å². The second-order valence-electron chi connectivity index (χ2n) is 5.94. The summed E-state index contributed by atoms with van der Waals surface area (Å²) in [5, 5.41) is 9.00. The molecule has 30 heavy (non-hydrogen) atoms. The van der Waals surface area contributed by atoms with Crippen molar-refractivity contribution in [3.05, 3.63) is 69.2 Å². The summed E-state index contributed by atoms with van der Waals surface area (Å²) < 4.78 is 80.5. The SMILES string of the molecule is N=C/N=C\Nc1ccc(/C=C/C(c2cc(Cl)cc(Cl)c2)C(F)(F)F)cc1C(F)(F)F. The lowest BCUT2D eigenvalue weighted by molar-refractivity contribution is -0.139. The number of halogens is 8. The molecule has 0 heterocycles. The van der Waals surface area contributed by atoms with Crippen LogP contribution in [0.4, 0.5) is 32.0 Å². The Morgan fingerprint density at radius 1 is 0.967 bits per heavy atom. The minimum Gasteiger partial charge on any atom is -0.346 e. The van der Waals surface area contributed by atoms with Crippen LogP contribution < -0.4 is 5.32 Å². The van der Waals surface area contributed by atoms with Gasteiger partial charge in [0.2, 0.25) is 0 Å². The van der Waals surface area contributed by atoms with E-state index in [1.165, 1.54) is 12.1 Å². The maximum absolute atomic E-state index is 13.5. The van der Waals surface area contributed by atoms with E-state index in [0.717, 1.165) is 36.7 Å². The van der Waals surface area contributed by atoms with E-state index < -0.39 is 23.8 Å². The first kappa shape index (κ1) is 23.8. The molecule has 2 aromatic rings. The zero-order valence-electron chi connectivity index (χ0n) is 14.8.